The van der Waals surface area contributed by atoms with Crippen LogP contribution in [0.2, 0.25) is 0 Å². The molecule has 1 aromatic carbocycles. The summed E-state index contributed by atoms with van der Waals surface area (Å²) in [6.45, 7) is 5.94. The Kier molecular flexibility index (Phi) is 2.76. The molecule has 0 bridgehead atoms. The number of para-hydroxylation sites is 1. The number of piperidine rings is 1. The minimum Gasteiger partial charge on any atom is -0.369 e. The van der Waals surface area contributed by atoms with Crippen LogP contribution in [0, 0.1) is 11.3 Å². The van der Waals surface area contributed by atoms with E-state index in [9.17, 15) is 5.11 Å². The molecule has 4 aliphatic heterocycles. The van der Waals surface area contributed by atoms with Crippen molar-refractivity contribution in [3.63, 3.8) is 0 Å². The molecule has 1 aromatic rings. The maximum Gasteiger partial charge on any atom is 0.156 e. The first kappa shape index (κ1) is 15.0. The van der Waals surface area contributed by atoms with Crippen LogP contribution >= 0.6 is 0 Å². The fourth-order valence-electron chi connectivity index (χ4n) is 7.77. The lowest BCUT2D eigenvalue weighted by molar-refractivity contribution is -0.212. The van der Waals surface area contributed by atoms with Gasteiger partial charge in [-0.25, -0.2) is 0 Å². The molecule has 4 heteroatoms. The van der Waals surface area contributed by atoms with E-state index >= 15 is 0 Å². The van der Waals surface area contributed by atoms with Crippen LogP contribution in [0.1, 0.15) is 44.6 Å². The number of anilines is 1. The standard InChI is InChI=1S/C21H28N2O2/c1-2-19-8-5-10-22-11-9-20(18(19)22)16-6-3-4-7-17(16)23-14-25-13-15(12-19)21(20,23)24/h3-4,6-7,15,18,24H,2,5,8-14H2,1H3/t15-,18-,19-,20+,21+/m1/s1. The van der Waals surface area contributed by atoms with E-state index in [1.54, 1.807) is 0 Å². The summed E-state index contributed by atoms with van der Waals surface area (Å²) in [5.74, 6) is 0.211. The number of ether oxygens (including phenoxy) is 1. The van der Waals surface area contributed by atoms with Gasteiger partial charge in [0.1, 0.15) is 6.73 Å². The van der Waals surface area contributed by atoms with Gasteiger partial charge in [0.25, 0.3) is 0 Å². The summed E-state index contributed by atoms with van der Waals surface area (Å²) in [5.41, 5.74) is 2.01. The number of hydrogen-bond donors (Lipinski definition) is 1. The molecule has 1 spiro atoms. The highest BCUT2D eigenvalue weighted by Gasteiger charge is 2.77. The average molecular weight is 340 g/mol. The zero-order chi connectivity index (χ0) is 16.9. The maximum atomic E-state index is 12.4. The van der Waals surface area contributed by atoms with Crippen LogP contribution in [-0.2, 0) is 10.2 Å². The monoisotopic (exact) mass is 340 g/mol. The fourth-order valence-corrected chi connectivity index (χ4v) is 7.77. The topological polar surface area (TPSA) is 35.9 Å². The molecule has 5 atom stereocenters. The van der Waals surface area contributed by atoms with Crippen molar-refractivity contribution in [2.24, 2.45) is 11.3 Å². The third-order valence-corrected chi connectivity index (χ3v) is 8.53. The Bertz CT molecular complexity index is 738. The van der Waals surface area contributed by atoms with E-state index in [-0.39, 0.29) is 11.3 Å². The summed E-state index contributed by atoms with van der Waals surface area (Å²) in [7, 11) is 0. The largest absolute Gasteiger partial charge is 0.369 e. The molecule has 1 aliphatic carbocycles. The highest BCUT2D eigenvalue weighted by molar-refractivity contribution is 5.68. The highest BCUT2D eigenvalue weighted by Crippen LogP contribution is 2.70. The molecule has 1 N–H and O–H groups in total. The van der Waals surface area contributed by atoms with Gasteiger partial charge in [-0.1, -0.05) is 25.1 Å². The summed E-state index contributed by atoms with van der Waals surface area (Å²) in [4.78, 5) is 4.95. The van der Waals surface area contributed by atoms with Crippen LogP contribution in [0.15, 0.2) is 24.3 Å². The summed E-state index contributed by atoms with van der Waals surface area (Å²) in [5, 5.41) is 12.4. The highest BCUT2D eigenvalue weighted by atomic mass is 16.5. The summed E-state index contributed by atoms with van der Waals surface area (Å²) < 4.78 is 6.02. The van der Waals surface area contributed by atoms with Gasteiger partial charge in [-0.15, -0.1) is 0 Å². The van der Waals surface area contributed by atoms with Gasteiger partial charge in [-0.05, 0) is 62.2 Å². The van der Waals surface area contributed by atoms with Gasteiger partial charge in [-0.3, -0.25) is 4.90 Å². The van der Waals surface area contributed by atoms with Crippen molar-refractivity contribution in [2.75, 3.05) is 31.3 Å². The Morgan fingerprint density at radius 2 is 2.12 bits per heavy atom. The van der Waals surface area contributed by atoms with Gasteiger partial charge in [-0.2, -0.15) is 0 Å². The van der Waals surface area contributed by atoms with E-state index in [1.807, 2.05) is 0 Å². The lowest BCUT2D eigenvalue weighted by Gasteiger charge is -2.65. The second-order valence-corrected chi connectivity index (χ2v) is 9.05. The molecule has 0 aromatic heterocycles. The van der Waals surface area contributed by atoms with E-state index in [1.165, 1.54) is 37.1 Å². The zero-order valence-corrected chi connectivity index (χ0v) is 15.1. The number of fused-ring (bicyclic) bond motifs is 2. The smallest absolute Gasteiger partial charge is 0.156 e. The second kappa shape index (κ2) is 4.59. The Balaban J connectivity index is 1.67. The van der Waals surface area contributed by atoms with Crippen LogP contribution < -0.4 is 4.90 Å². The first-order valence-corrected chi connectivity index (χ1v) is 10.1. The predicted octanol–water partition coefficient (Wildman–Crippen LogP) is 2.71. The number of aliphatic hydroxyl groups is 1. The molecule has 4 nitrogen and oxygen atoms in total. The van der Waals surface area contributed by atoms with Crippen molar-refractivity contribution >= 4 is 5.69 Å². The molecule has 25 heavy (non-hydrogen) atoms. The van der Waals surface area contributed by atoms with Crippen molar-refractivity contribution in [3.05, 3.63) is 29.8 Å². The van der Waals surface area contributed by atoms with E-state index < -0.39 is 5.72 Å². The number of benzene rings is 1. The molecule has 6 rings (SSSR count). The van der Waals surface area contributed by atoms with Gasteiger partial charge in [0.05, 0.1) is 12.0 Å². The molecule has 5 aliphatic rings. The van der Waals surface area contributed by atoms with Crippen molar-refractivity contribution < 1.29 is 9.84 Å². The minimum atomic E-state index is -0.773. The molecule has 4 fully saturated rings. The van der Waals surface area contributed by atoms with Crippen LogP contribution in [-0.4, -0.2) is 48.2 Å². The molecule has 134 valence electrons. The quantitative estimate of drug-likeness (QED) is 0.853. The van der Waals surface area contributed by atoms with Crippen molar-refractivity contribution in [1.82, 2.24) is 4.90 Å². The Hall–Kier alpha value is -1.10. The zero-order valence-electron chi connectivity index (χ0n) is 15.1. The molecule has 0 unspecified atom stereocenters. The van der Waals surface area contributed by atoms with Crippen molar-refractivity contribution in [3.8, 4) is 0 Å². The first-order valence-electron chi connectivity index (χ1n) is 10.1. The van der Waals surface area contributed by atoms with Crippen LogP contribution in [0.25, 0.3) is 0 Å². The Morgan fingerprint density at radius 1 is 1.24 bits per heavy atom. The normalized spacial score (nSPS) is 47.4. The minimum absolute atomic E-state index is 0.146. The number of rotatable bonds is 1. The van der Waals surface area contributed by atoms with Gasteiger partial charge in [0, 0.05) is 17.6 Å². The molecular weight excluding hydrogens is 312 g/mol. The van der Waals surface area contributed by atoms with Crippen molar-refractivity contribution in [2.45, 2.75) is 56.2 Å². The third-order valence-electron chi connectivity index (χ3n) is 8.53. The molecular formula is C21H28N2O2. The summed E-state index contributed by atoms with van der Waals surface area (Å²) in [6, 6.07) is 9.25. The van der Waals surface area contributed by atoms with Crippen molar-refractivity contribution in [1.29, 1.82) is 0 Å². The molecule has 1 saturated carbocycles. The van der Waals surface area contributed by atoms with E-state index in [0.29, 0.717) is 24.8 Å². The second-order valence-electron chi connectivity index (χ2n) is 9.05. The van der Waals surface area contributed by atoms with Crippen LogP contribution in [0.5, 0.6) is 0 Å². The van der Waals surface area contributed by atoms with Crippen LogP contribution in [0.4, 0.5) is 5.69 Å². The summed E-state index contributed by atoms with van der Waals surface area (Å²) in [6.07, 6.45) is 6.01. The van der Waals surface area contributed by atoms with Gasteiger partial charge in [0.15, 0.2) is 5.72 Å². The van der Waals surface area contributed by atoms with Crippen LogP contribution in [0.3, 0.4) is 0 Å². The van der Waals surface area contributed by atoms with Gasteiger partial charge >= 0.3 is 0 Å². The molecule has 4 heterocycles. The molecule has 0 amide bonds. The summed E-state index contributed by atoms with van der Waals surface area (Å²) >= 11 is 0. The van der Waals surface area contributed by atoms with E-state index in [2.05, 4.69) is 41.0 Å². The van der Waals surface area contributed by atoms with E-state index in [0.717, 1.165) is 19.4 Å². The van der Waals surface area contributed by atoms with Gasteiger partial charge in [0.2, 0.25) is 0 Å². The molecule has 3 saturated heterocycles. The third kappa shape index (κ3) is 1.42. The SMILES string of the molecule is CC[C@@]12CCCN3CC[C@]4(c5ccccc5N5COC[C@@H](C1)[C@@]54O)[C@H]32. The predicted molar refractivity (Wildman–Crippen MR) is 96.4 cm³/mol. The lowest BCUT2D eigenvalue weighted by atomic mass is 9.48. The van der Waals surface area contributed by atoms with Gasteiger partial charge < -0.3 is 14.7 Å². The Morgan fingerprint density at radius 3 is 3.00 bits per heavy atom. The lowest BCUT2D eigenvalue weighted by Crippen LogP contribution is -2.76. The molecule has 0 radical (unpaired) electrons. The Labute approximate surface area is 149 Å². The number of hydrogen-bond acceptors (Lipinski definition) is 4. The maximum absolute atomic E-state index is 12.4. The average Bonchev–Trinajstić information content (AvgIpc) is 3.15. The number of nitrogens with zero attached hydrogens (tertiary/aromatic N) is 2. The fraction of sp³-hybridized carbons (Fsp3) is 0.714. The first-order chi connectivity index (χ1) is 12.2. The van der Waals surface area contributed by atoms with E-state index in [4.69, 9.17) is 4.74 Å².